The zero-order chi connectivity index (χ0) is 11.5. The van der Waals surface area contributed by atoms with E-state index in [0.717, 1.165) is 12.2 Å². The summed E-state index contributed by atoms with van der Waals surface area (Å²) in [4.78, 5) is 6.22. The Balaban J connectivity index is 2.11. The van der Waals surface area contributed by atoms with Gasteiger partial charge in [0.1, 0.15) is 5.82 Å². The number of aliphatic hydroxyl groups excluding tert-OH is 1. The van der Waals surface area contributed by atoms with Gasteiger partial charge < -0.3 is 20.5 Å². The van der Waals surface area contributed by atoms with Crippen molar-refractivity contribution >= 4 is 11.5 Å². The van der Waals surface area contributed by atoms with Gasteiger partial charge in [0.15, 0.2) is 0 Å². The SMILES string of the molecule is CC1CN(c2ccc(N)nc2)CC(CO)O1. The molecule has 2 unspecified atom stereocenters. The molecule has 0 aliphatic carbocycles. The Morgan fingerprint density at radius 2 is 2.38 bits per heavy atom. The maximum absolute atomic E-state index is 9.13. The van der Waals surface area contributed by atoms with Crippen LogP contribution in [0.25, 0.3) is 0 Å². The fourth-order valence-corrected chi connectivity index (χ4v) is 1.94. The van der Waals surface area contributed by atoms with E-state index in [2.05, 4.69) is 9.88 Å². The Kier molecular flexibility index (Phi) is 3.26. The van der Waals surface area contributed by atoms with Crippen LogP contribution in [0, 0.1) is 0 Å². The van der Waals surface area contributed by atoms with Crippen LogP contribution in [0.5, 0.6) is 0 Å². The molecule has 5 nitrogen and oxygen atoms in total. The number of hydrogen-bond acceptors (Lipinski definition) is 5. The van der Waals surface area contributed by atoms with Crippen LogP contribution < -0.4 is 10.6 Å². The summed E-state index contributed by atoms with van der Waals surface area (Å²) in [5.74, 6) is 0.517. The maximum atomic E-state index is 9.13. The van der Waals surface area contributed by atoms with Crippen molar-refractivity contribution in [1.82, 2.24) is 4.98 Å². The highest BCUT2D eigenvalue weighted by molar-refractivity contribution is 5.48. The third-order valence-corrected chi connectivity index (χ3v) is 2.67. The molecule has 2 atom stereocenters. The number of nitrogens with two attached hydrogens (primary N) is 1. The highest BCUT2D eigenvalue weighted by atomic mass is 16.5. The quantitative estimate of drug-likeness (QED) is 0.752. The van der Waals surface area contributed by atoms with E-state index in [-0.39, 0.29) is 18.8 Å². The summed E-state index contributed by atoms with van der Waals surface area (Å²) >= 11 is 0. The van der Waals surface area contributed by atoms with Crippen LogP contribution in [0.4, 0.5) is 11.5 Å². The predicted molar refractivity (Wildman–Crippen MR) is 62.3 cm³/mol. The van der Waals surface area contributed by atoms with Crippen LogP contribution in [0.15, 0.2) is 18.3 Å². The number of aromatic nitrogens is 1. The molecule has 0 amide bonds. The van der Waals surface area contributed by atoms with E-state index < -0.39 is 0 Å². The zero-order valence-electron chi connectivity index (χ0n) is 9.34. The average molecular weight is 223 g/mol. The van der Waals surface area contributed by atoms with Crippen molar-refractivity contribution in [3.63, 3.8) is 0 Å². The molecular formula is C11H17N3O2. The minimum Gasteiger partial charge on any atom is -0.394 e. The van der Waals surface area contributed by atoms with Gasteiger partial charge in [-0.2, -0.15) is 0 Å². The number of rotatable bonds is 2. The zero-order valence-corrected chi connectivity index (χ0v) is 9.34. The molecule has 2 rings (SSSR count). The second kappa shape index (κ2) is 4.67. The number of hydrogen-bond donors (Lipinski definition) is 2. The van der Waals surface area contributed by atoms with E-state index in [0.29, 0.717) is 12.4 Å². The Hall–Kier alpha value is -1.33. The molecule has 1 aromatic rings. The second-order valence-electron chi connectivity index (χ2n) is 4.10. The monoisotopic (exact) mass is 223 g/mol. The fraction of sp³-hybridized carbons (Fsp3) is 0.545. The molecule has 1 aliphatic heterocycles. The smallest absolute Gasteiger partial charge is 0.123 e. The van der Waals surface area contributed by atoms with Crippen LogP contribution in [0.2, 0.25) is 0 Å². The maximum Gasteiger partial charge on any atom is 0.123 e. The fourth-order valence-electron chi connectivity index (χ4n) is 1.94. The second-order valence-corrected chi connectivity index (χ2v) is 4.10. The lowest BCUT2D eigenvalue weighted by atomic mass is 10.2. The van der Waals surface area contributed by atoms with Crippen LogP contribution in [0.1, 0.15) is 6.92 Å². The predicted octanol–water partition coefficient (Wildman–Crippen LogP) is 0.250. The number of morpholine rings is 1. The normalized spacial score (nSPS) is 25.8. The van der Waals surface area contributed by atoms with Gasteiger partial charge in [-0.15, -0.1) is 0 Å². The van der Waals surface area contributed by atoms with Crippen molar-refractivity contribution in [3.05, 3.63) is 18.3 Å². The minimum atomic E-state index is -0.124. The summed E-state index contributed by atoms with van der Waals surface area (Å²) in [6.07, 6.45) is 1.74. The van der Waals surface area contributed by atoms with E-state index in [1.54, 1.807) is 12.3 Å². The molecule has 0 bridgehead atoms. The summed E-state index contributed by atoms with van der Waals surface area (Å²) in [6, 6.07) is 3.72. The van der Waals surface area contributed by atoms with Crippen molar-refractivity contribution < 1.29 is 9.84 Å². The molecule has 0 spiro atoms. The average Bonchev–Trinajstić information content (AvgIpc) is 2.29. The van der Waals surface area contributed by atoms with Crippen LogP contribution in [0.3, 0.4) is 0 Å². The number of nitrogens with zero attached hydrogens (tertiary/aromatic N) is 2. The van der Waals surface area contributed by atoms with Gasteiger partial charge >= 0.3 is 0 Å². The number of aliphatic hydroxyl groups is 1. The van der Waals surface area contributed by atoms with E-state index in [1.807, 2.05) is 13.0 Å². The topological polar surface area (TPSA) is 71.6 Å². The molecule has 1 fully saturated rings. The molecular weight excluding hydrogens is 206 g/mol. The van der Waals surface area contributed by atoms with Crippen molar-refractivity contribution in [2.75, 3.05) is 30.3 Å². The van der Waals surface area contributed by atoms with Crippen molar-refractivity contribution in [3.8, 4) is 0 Å². The van der Waals surface area contributed by atoms with Gasteiger partial charge in [0.05, 0.1) is 30.7 Å². The molecule has 1 aromatic heterocycles. The standard InChI is InChI=1S/C11H17N3O2/c1-8-5-14(6-10(7-15)16-8)9-2-3-11(12)13-4-9/h2-4,8,10,15H,5-7H2,1H3,(H2,12,13). The summed E-state index contributed by atoms with van der Waals surface area (Å²) in [7, 11) is 0. The minimum absolute atomic E-state index is 0.0449. The number of anilines is 2. The van der Waals surface area contributed by atoms with E-state index in [9.17, 15) is 0 Å². The lowest BCUT2D eigenvalue weighted by Gasteiger charge is -2.37. The van der Waals surface area contributed by atoms with Crippen LogP contribution >= 0.6 is 0 Å². The first-order valence-electron chi connectivity index (χ1n) is 5.42. The lowest BCUT2D eigenvalue weighted by molar-refractivity contribution is -0.0421. The third-order valence-electron chi connectivity index (χ3n) is 2.67. The molecule has 3 N–H and O–H groups in total. The Morgan fingerprint density at radius 1 is 1.56 bits per heavy atom. The number of pyridine rings is 1. The Labute approximate surface area is 94.8 Å². The highest BCUT2D eigenvalue weighted by Crippen LogP contribution is 2.19. The van der Waals surface area contributed by atoms with Gasteiger partial charge in [-0.3, -0.25) is 0 Å². The van der Waals surface area contributed by atoms with Gasteiger partial charge in [-0.05, 0) is 19.1 Å². The molecule has 0 radical (unpaired) electrons. The van der Waals surface area contributed by atoms with Gasteiger partial charge in [0.25, 0.3) is 0 Å². The largest absolute Gasteiger partial charge is 0.394 e. The summed E-state index contributed by atoms with van der Waals surface area (Å²) in [6.45, 7) is 3.54. The van der Waals surface area contributed by atoms with Crippen molar-refractivity contribution in [2.24, 2.45) is 0 Å². The number of nitrogen functional groups attached to an aromatic ring is 1. The molecule has 88 valence electrons. The Morgan fingerprint density at radius 3 is 3.00 bits per heavy atom. The molecule has 1 saturated heterocycles. The van der Waals surface area contributed by atoms with Crippen molar-refractivity contribution in [2.45, 2.75) is 19.1 Å². The van der Waals surface area contributed by atoms with E-state index in [1.165, 1.54) is 0 Å². The molecule has 16 heavy (non-hydrogen) atoms. The summed E-state index contributed by atoms with van der Waals surface area (Å²) in [5.41, 5.74) is 6.56. The lowest BCUT2D eigenvalue weighted by Crippen LogP contribution is -2.48. The molecule has 1 aliphatic rings. The molecule has 2 heterocycles. The van der Waals surface area contributed by atoms with E-state index >= 15 is 0 Å². The Bertz CT molecular complexity index is 342. The summed E-state index contributed by atoms with van der Waals surface area (Å²) in [5, 5.41) is 9.13. The van der Waals surface area contributed by atoms with Gasteiger partial charge in [-0.25, -0.2) is 4.98 Å². The van der Waals surface area contributed by atoms with Gasteiger partial charge in [-0.1, -0.05) is 0 Å². The van der Waals surface area contributed by atoms with Gasteiger partial charge in [0, 0.05) is 13.1 Å². The van der Waals surface area contributed by atoms with Crippen LogP contribution in [-0.4, -0.2) is 42.0 Å². The molecule has 0 saturated carbocycles. The first-order valence-corrected chi connectivity index (χ1v) is 5.42. The first-order chi connectivity index (χ1) is 7.69. The van der Waals surface area contributed by atoms with Crippen molar-refractivity contribution in [1.29, 1.82) is 0 Å². The molecule has 0 aromatic carbocycles. The third kappa shape index (κ3) is 2.43. The molecule has 5 heteroatoms. The van der Waals surface area contributed by atoms with E-state index in [4.69, 9.17) is 15.6 Å². The number of ether oxygens (including phenoxy) is 1. The summed E-state index contributed by atoms with van der Waals surface area (Å²) < 4.78 is 5.57. The van der Waals surface area contributed by atoms with Gasteiger partial charge in [0.2, 0.25) is 0 Å². The van der Waals surface area contributed by atoms with Crippen LogP contribution in [-0.2, 0) is 4.74 Å². The highest BCUT2D eigenvalue weighted by Gasteiger charge is 2.24. The first kappa shape index (κ1) is 11.2.